The van der Waals surface area contributed by atoms with Crippen molar-refractivity contribution in [2.45, 2.75) is 32.4 Å². The topological polar surface area (TPSA) is 25.2 Å². The molecular formula is C15H17F2NO. The molecule has 0 spiro atoms. The maximum absolute atomic E-state index is 12.6. The number of hydrogen-bond acceptors (Lipinski definition) is 2. The van der Waals surface area contributed by atoms with Gasteiger partial charge in [0.1, 0.15) is 5.76 Å². The van der Waals surface area contributed by atoms with Crippen molar-refractivity contribution in [1.29, 1.82) is 0 Å². The van der Waals surface area contributed by atoms with Crippen LogP contribution in [0.4, 0.5) is 8.78 Å². The largest absolute Gasteiger partial charge is 0.469 e. The van der Waals surface area contributed by atoms with E-state index in [2.05, 4.69) is 5.32 Å². The number of nitrogens with one attached hydrogen (secondary N) is 1. The van der Waals surface area contributed by atoms with Crippen molar-refractivity contribution in [3.05, 3.63) is 59.5 Å². The maximum Gasteiger partial charge on any atom is 0.263 e. The first-order valence-corrected chi connectivity index (χ1v) is 6.28. The predicted octanol–water partition coefficient (Wildman–Crippen LogP) is 3.94. The third kappa shape index (κ3) is 4.17. The molecule has 0 bridgehead atoms. The molecule has 4 heteroatoms. The molecule has 0 saturated carbocycles. The first-order valence-electron chi connectivity index (χ1n) is 6.28. The van der Waals surface area contributed by atoms with E-state index in [9.17, 15) is 8.78 Å². The van der Waals surface area contributed by atoms with E-state index < -0.39 is 6.43 Å². The van der Waals surface area contributed by atoms with E-state index >= 15 is 0 Å². The Balaban J connectivity index is 1.86. The molecule has 1 unspecified atom stereocenters. The summed E-state index contributed by atoms with van der Waals surface area (Å²) >= 11 is 0. The van der Waals surface area contributed by atoms with Crippen molar-refractivity contribution in [2.75, 3.05) is 0 Å². The Morgan fingerprint density at radius 3 is 2.74 bits per heavy atom. The minimum atomic E-state index is -2.42. The maximum atomic E-state index is 12.6. The SMILES string of the molecule is CC(Cc1ccco1)NCc1cccc(C(F)F)c1. The highest BCUT2D eigenvalue weighted by Gasteiger charge is 2.08. The number of rotatable bonds is 6. The summed E-state index contributed by atoms with van der Waals surface area (Å²) in [6.07, 6.45) is 0.0101. The van der Waals surface area contributed by atoms with Gasteiger partial charge < -0.3 is 9.73 Å². The van der Waals surface area contributed by atoms with Gasteiger partial charge in [0.15, 0.2) is 0 Å². The fourth-order valence-corrected chi connectivity index (χ4v) is 1.93. The molecule has 0 amide bonds. The van der Waals surface area contributed by atoms with Gasteiger partial charge in [-0.3, -0.25) is 0 Å². The zero-order chi connectivity index (χ0) is 13.7. The smallest absolute Gasteiger partial charge is 0.263 e. The Kier molecular flexibility index (Phi) is 4.68. The third-order valence-electron chi connectivity index (χ3n) is 2.95. The number of hydrogen-bond donors (Lipinski definition) is 1. The van der Waals surface area contributed by atoms with E-state index in [1.54, 1.807) is 12.3 Å². The Hall–Kier alpha value is -1.68. The predicted molar refractivity (Wildman–Crippen MR) is 70.1 cm³/mol. The lowest BCUT2D eigenvalue weighted by Crippen LogP contribution is -2.27. The van der Waals surface area contributed by atoms with Gasteiger partial charge in [-0.1, -0.05) is 18.2 Å². The van der Waals surface area contributed by atoms with Crippen molar-refractivity contribution in [3.8, 4) is 0 Å². The minimum absolute atomic E-state index is 0.0676. The van der Waals surface area contributed by atoms with Gasteiger partial charge in [-0.2, -0.15) is 0 Å². The lowest BCUT2D eigenvalue weighted by atomic mass is 10.1. The molecule has 0 radical (unpaired) electrons. The van der Waals surface area contributed by atoms with Crippen LogP contribution in [0.3, 0.4) is 0 Å². The molecule has 0 aliphatic heterocycles. The van der Waals surface area contributed by atoms with Crippen molar-refractivity contribution < 1.29 is 13.2 Å². The fraction of sp³-hybridized carbons (Fsp3) is 0.333. The van der Waals surface area contributed by atoms with Gasteiger partial charge in [-0.25, -0.2) is 8.78 Å². The van der Waals surface area contributed by atoms with Crippen molar-refractivity contribution in [2.24, 2.45) is 0 Å². The average molecular weight is 265 g/mol. The summed E-state index contributed by atoms with van der Waals surface area (Å²) in [7, 11) is 0. The van der Waals surface area contributed by atoms with Crippen LogP contribution in [0, 0.1) is 0 Å². The van der Waals surface area contributed by atoms with E-state index in [-0.39, 0.29) is 11.6 Å². The highest BCUT2D eigenvalue weighted by Crippen LogP contribution is 2.19. The van der Waals surface area contributed by atoms with E-state index in [0.29, 0.717) is 6.54 Å². The van der Waals surface area contributed by atoms with Gasteiger partial charge >= 0.3 is 0 Å². The molecule has 1 aromatic heterocycles. The van der Waals surface area contributed by atoms with E-state index in [1.807, 2.05) is 25.1 Å². The van der Waals surface area contributed by atoms with Crippen LogP contribution in [0.2, 0.25) is 0 Å². The monoisotopic (exact) mass is 265 g/mol. The third-order valence-corrected chi connectivity index (χ3v) is 2.95. The molecule has 1 heterocycles. The standard InChI is InChI=1S/C15H17F2NO/c1-11(8-14-6-3-7-19-14)18-10-12-4-2-5-13(9-12)15(16)17/h2-7,9,11,15,18H,8,10H2,1H3. The Morgan fingerprint density at radius 2 is 2.05 bits per heavy atom. The molecule has 2 rings (SSSR count). The Labute approximate surface area is 111 Å². The molecule has 0 aliphatic rings. The quantitative estimate of drug-likeness (QED) is 0.855. The summed E-state index contributed by atoms with van der Waals surface area (Å²) in [5, 5.41) is 3.30. The highest BCUT2D eigenvalue weighted by atomic mass is 19.3. The number of furan rings is 1. The van der Waals surface area contributed by atoms with Crippen LogP contribution in [0.5, 0.6) is 0 Å². The fourth-order valence-electron chi connectivity index (χ4n) is 1.93. The molecule has 2 aromatic rings. The lowest BCUT2D eigenvalue weighted by Gasteiger charge is -2.13. The first-order chi connectivity index (χ1) is 9.15. The molecule has 19 heavy (non-hydrogen) atoms. The van der Waals surface area contributed by atoms with Crippen LogP contribution in [0.15, 0.2) is 47.1 Å². The summed E-state index contributed by atoms with van der Waals surface area (Å²) in [5.41, 5.74) is 0.932. The molecule has 0 aliphatic carbocycles. The lowest BCUT2D eigenvalue weighted by molar-refractivity contribution is 0.151. The van der Waals surface area contributed by atoms with E-state index in [4.69, 9.17) is 4.42 Å². The second kappa shape index (κ2) is 6.48. The molecule has 102 valence electrons. The van der Waals surface area contributed by atoms with Crippen LogP contribution in [0.1, 0.15) is 30.2 Å². The van der Waals surface area contributed by atoms with Crippen LogP contribution in [-0.4, -0.2) is 6.04 Å². The summed E-state index contributed by atoms with van der Waals surface area (Å²) in [5.74, 6) is 0.918. The second-order valence-electron chi connectivity index (χ2n) is 4.61. The highest BCUT2D eigenvalue weighted by molar-refractivity contribution is 5.24. The van der Waals surface area contributed by atoms with Crippen molar-refractivity contribution >= 4 is 0 Å². The Bertz CT molecular complexity index is 497. The van der Waals surface area contributed by atoms with Crippen LogP contribution >= 0.6 is 0 Å². The number of halogens is 2. The van der Waals surface area contributed by atoms with Crippen LogP contribution in [0.25, 0.3) is 0 Å². The first kappa shape index (κ1) is 13.7. The number of benzene rings is 1. The summed E-state index contributed by atoms with van der Waals surface area (Å²) in [6, 6.07) is 10.5. The van der Waals surface area contributed by atoms with E-state index in [0.717, 1.165) is 17.7 Å². The molecule has 2 nitrogen and oxygen atoms in total. The van der Waals surface area contributed by atoms with Crippen molar-refractivity contribution in [1.82, 2.24) is 5.32 Å². The molecule has 1 atom stereocenters. The number of alkyl halides is 2. The van der Waals surface area contributed by atoms with Gasteiger partial charge in [-0.15, -0.1) is 0 Å². The summed E-state index contributed by atoms with van der Waals surface area (Å²) in [6.45, 7) is 2.61. The second-order valence-corrected chi connectivity index (χ2v) is 4.61. The van der Waals surface area contributed by atoms with Gasteiger partial charge in [0.2, 0.25) is 0 Å². The van der Waals surface area contributed by atoms with Gasteiger partial charge in [0.25, 0.3) is 6.43 Å². The van der Waals surface area contributed by atoms with Crippen molar-refractivity contribution in [3.63, 3.8) is 0 Å². The van der Waals surface area contributed by atoms with Gasteiger partial charge in [0.05, 0.1) is 6.26 Å². The minimum Gasteiger partial charge on any atom is -0.469 e. The molecular weight excluding hydrogens is 248 g/mol. The Morgan fingerprint density at radius 1 is 1.21 bits per heavy atom. The summed E-state index contributed by atoms with van der Waals surface area (Å²) in [4.78, 5) is 0. The average Bonchev–Trinajstić information content (AvgIpc) is 2.89. The molecule has 0 fully saturated rings. The summed E-state index contributed by atoms with van der Waals surface area (Å²) < 4.78 is 30.4. The molecule has 1 N–H and O–H groups in total. The van der Waals surface area contributed by atoms with Crippen LogP contribution in [-0.2, 0) is 13.0 Å². The molecule has 1 aromatic carbocycles. The van der Waals surface area contributed by atoms with Crippen LogP contribution < -0.4 is 5.32 Å². The molecule has 0 saturated heterocycles. The normalized spacial score (nSPS) is 12.8. The van der Waals surface area contributed by atoms with Gasteiger partial charge in [0, 0.05) is 24.6 Å². The van der Waals surface area contributed by atoms with Gasteiger partial charge in [-0.05, 0) is 30.7 Å². The zero-order valence-corrected chi connectivity index (χ0v) is 10.8. The zero-order valence-electron chi connectivity index (χ0n) is 10.8. The van der Waals surface area contributed by atoms with E-state index in [1.165, 1.54) is 12.1 Å².